The SMILES string of the molecule is Cc1ccc(NC(=O)CSc2ncnc3nc(N4CCc5ccccc5C4)sc23)c(Cl)c1. The Labute approximate surface area is 199 Å². The van der Waals surface area contributed by atoms with Gasteiger partial charge in [0.25, 0.3) is 0 Å². The van der Waals surface area contributed by atoms with Crippen LogP contribution in [0.5, 0.6) is 0 Å². The smallest absolute Gasteiger partial charge is 0.234 e. The summed E-state index contributed by atoms with van der Waals surface area (Å²) in [5.41, 5.74) is 5.07. The van der Waals surface area contributed by atoms with Crippen molar-refractivity contribution in [1.82, 2.24) is 15.0 Å². The first-order valence-electron chi connectivity index (χ1n) is 10.2. The third kappa shape index (κ3) is 4.44. The molecule has 0 spiro atoms. The van der Waals surface area contributed by atoms with Crippen LogP contribution in [0.4, 0.5) is 10.8 Å². The second kappa shape index (κ2) is 9.05. The molecule has 1 aliphatic heterocycles. The number of rotatable bonds is 5. The summed E-state index contributed by atoms with van der Waals surface area (Å²) in [5.74, 6) is 0.0885. The highest BCUT2D eigenvalue weighted by atomic mass is 35.5. The highest BCUT2D eigenvalue weighted by Crippen LogP contribution is 2.35. The minimum Gasteiger partial charge on any atom is -0.343 e. The van der Waals surface area contributed by atoms with Crippen molar-refractivity contribution in [2.75, 3.05) is 22.5 Å². The Balaban J connectivity index is 1.30. The number of thiazole rings is 1. The number of nitrogens with zero attached hydrogens (tertiary/aromatic N) is 4. The lowest BCUT2D eigenvalue weighted by atomic mass is 10.0. The number of carbonyl (C=O) groups is 1. The number of aryl methyl sites for hydroxylation is 1. The second-order valence-electron chi connectivity index (χ2n) is 7.59. The van der Waals surface area contributed by atoms with Gasteiger partial charge in [-0.05, 0) is 42.2 Å². The molecule has 6 nitrogen and oxygen atoms in total. The maximum absolute atomic E-state index is 12.5. The van der Waals surface area contributed by atoms with Crippen molar-refractivity contribution in [3.63, 3.8) is 0 Å². The molecule has 0 fully saturated rings. The van der Waals surface area contributed by atoms with Crippen LogP contribution in [0.2, 0.25) is 5.02 Å². The largest absolute Gasteiger partial charge is 0.343 e. The summed E-state index contributed by atoms with van der Waals surface area (Å²) in [7, 11) is 0. The standard InChI is InChI=1S/C23H20ClN5OS2/c1-14-6-7-18(17(24)10-14)27-19(30)12-31-22-20-21(25-13-26-22)28-23(32-20)29-9-8-15-4-2-3-5-16(15)11-29/h2-7,10,13H,8-9,11-12H2,1H3,(H,27,30). The predicted molar refractivity (Wildman–Crippen MR) is 132 cm³/mol. The maximum Gasteiger partial charge on any atom is 0.234 e. The molecule has 0 atom stereocenters. The third-order valence-electron chi connectivity index (χ3n) is 5.29. The molecule has 1 N–H and O–H groups in total. The van der Waals surface area contributed by atoms with E-state index in [4.69, 9.17) is 16.6 Å². The van der Waals surface area contributed by atoms with Gasteiger partial charge in [-0.3, -0.25) is 4.79 Å². The molecule has 0 saturated heterocycles. The number of halogens is 1. The number of fused-ring (bicyclic) bond motifs is 2. The van der Waals surface area contributed by atoms with Crippen LogP contribution in [0, 0.1) is 6.92 Å². The van der Waals surface area contributed by atoms with Crippen molar-refractivity contribution >= 4 is 61.8 Å². The van der Waals surface area contributed by atoms with E-state index in [2.05, 4.69) is 44.5 Å². The number of carbonyl (C=O) groups excluding carboxylic acids is 1. The van der Waals surface area contributed by atoms with Gasteiger partial charge in [0.1, 0.15) is 16.1 Å². The molecule has 1 amide bonds. The zero-order chi connectivity index (χ0) is 22.1. The van der Waals surface area contributed by atoms with Crippen LogP contribution in [-0.4, -0.2) is 33.2 Å². The van der Waals surface area contributed by atoms with Gasteiger partial charge >= 0.3 is 0 Å². The molecular weight excluding hydrogens is 462 g/mol. The van der Waals surface area contributed by atoms with E-state index in [1.54, 1.807) is 11.3 Å². The topological polar surface area (TPSA) is 71.0 Å². The monoisotopic (exact) mass is 481 g/mol. The van der Waals surface area contributed by atoms with Gasteiger partial charge in [-0.15, -0.1) is 0 Å². The Morgan fingerprint density at radius 2 is 2.06 bits per heavy atom. The van der Waals surface area contributed by atoms with Crippen molar-refractivity contribution < 1.29 is 4.79 Å². The van der Waals surface area contributed by atoms with Gasteiger partial charge in [-0.1, -0.05) is 65.0 Å². The predicted octanol–water partition coefficient (Wildman–Crippen LogP) is 5.34. The molecule has 162 valence electrons. The van der Waals surface area contributed by atoms with Gasteiger partial charge in [0.15, 0.2) is 10.8 Å². The number of aromatic nitrogens is 3. The van der Waals surface area contributed by atoms with Crippen LogP contribution < -0.4 is 10.2 Å². The molecule has 3 heterocycles. The summed E-state index contributed by atoms with van der Waals surface area (Å²) >= 11 is 9.19. The van der Waals surface area contributed by atoms with Gasteiger partial charge in [0, 0.05) is 13.1 Å². The molecule has 0 bridgehead atoms. The van der Waals surface area contributed by atoms with Crippen molar-refractivity contribution in [2.24, 2.45) is 0 Å². The molecular formula is C23H20ClN5OS2. The number of hydrogen-bond acceptors (Lipinski definition) is 7. The van der Waals surface area contributed by atoms with Crippen LogP contribution in [0.25, 0.3) is 10.3 Å². The molecule has 32 heavy (non-hydrogen) atoms. The summed E-state index contributed by atoms with van der Waals surface area (Å²) in [6.07, 6.45) is 2.51. The molecule has 5 rings (SSSR count). The van der Waals surface area contributed by atoms with Crippen molar-refractivity contribution in [3.8, 4) is 0 Å². The van der Waals surface area contributed by atoms with E-state index in [9.17, 15) is 4.79 Å². The quantitative estimate of drug-likeness (QED) is 0.306. The summed E-state index contributed by atoms with van der Waals surface area (Å²) in [6, 6.07) is 14.1. The van der Waals surface area contributed by atoms with Gasteiger partial charge in [-0.2, -0.15) is 4.98 Å². The summed E-state index contributed by atoms with van der Waals surface area (Å²) in [6.45, 7) is 3.72. The summed E-state index contributed by atoms with van der Waals surface area (Å²) in [5, 5.41) is 5.10. The lowest BCUT2D eigenvalue weighted by Crippen LogP contribution is -2.30. The lowest BCUT2D eigenvalue weighted by Gasteiger charge is -2.28. The molecule has 1 aliphatic rings. The summed E-state index contributed by atoms with van der Waals surface area (Å²) < 4.78 is 0.910. The zero-order valence-electron chi connectivity index (χ0n) is 17.3. The first-order valence-corrected chi connectivity index (χ1v) is 12.4. The Morgan fingerprint density at radius 3 is 2.91 bits per heavy atom. The van der Waals surface area contributed by atoms with Gasteiger partial charge in [0.2, 0.25) is 5.91 Å². The number of amides is 1. The minimum atomic E-state index is -0.134. The molecule has 0 aliphatic carbocycles. The van der Waals surface area contributed by atoms with Crippen molar-refractivity contribution in [3.05, 3.63) is 70.5 Å². The van der Waals surface area contributed by atoms with Gasteiger partial charge < -0.3 is 10.2 Å². The average Bonchev–Trinajstić information content (AvgIpc) is 3.24. The molecule has 0 radical (unpaired) electrons. The Hall–Kier alpha value is -2.68. The molecule has 4 aromatic rings. The van der Waals surface area contributed by atoms with Gasteiger partial charge in [0.05, 0.1) is 16.5 Å². The minimum absolute atomic E-state index is 0.134. The Bertz CT molecular complexity index is 1310. The normalized spacial score (nSPS) is 13.2. The van der Waals surface area contributed by atoms with E-state index in [0.717, 1.165) is 39.9 Å². The third-order valence-corrected chi connectivity index (χ3v) is 7.83. The zero-order valence-corrected chi connectivity index (χ0v) is 19.7. The highest BCUT2D eigenvalue weighted by Gasteiger charge is 2.21. The molecule has 2 aromatic carbocycles. The van der Waals surface area contributed by atoms with E-state index >= 15 is 0 Å². The maximum atomic E-state index is 12.5. The fourth-order valence-electron chi connectivity index (χ4n) is 3.66. The Morgan fingerprint density at radius 1 is 1.22 bits per heavy atom. The van der Waals surface area contributed by atoms with E-state index in [0.29, 0.717) is 16.4 Å². The number of thioether (sulfide) groups is 1. The average molecular weight is 482 g/mol. The van der Waals surface area contributed by atoms with Crippen LogP contribution in [-0.2, 0) is 17.8 Å². The van der Waals surface area contributed by atoms with Gasteiger partial charge in [-0.25, -0.2) is 9.97 Å². The van der Waals surface area contributed by atoms with Crippen molar-refractivity contribution in [2.45, 2.75) is 24.9 Å². The molecule has 0 saturated carbocycles. The number of anilines is 2. The fourth-order valence-corrected chi connectivity index (χ4v) is 5.86. The molecule has 2 aromatic heterocycles. The van der Waals surface area contributed by atoms with Crippen molar-refractivity contribution in [1.29, 1.82) is 0 Å². The van der Waals surface area contributed by atoms with E-state index in [1.165, 1.54) is 29.2 Å². The van der Waals surface area contributed by atoms with E-state index in [1.807, 2.05) is 25.1 Å². The Kier molecular flexibility index (Phi) is 5.99. The van der Waals surface area contributed by atoms with E-state index in [-0.39, 0.29) is 11.7 Å². The van der Waals surface area contributed by atoms with E-state index < -0.39 is 0 Å². The number of benzene rings is 2. The first kappa shape index (κ1) is 21.2. The second-order valence-corrected chi connectivity index (χ2v) is 9.94. The highest BCUT2D eigenvalue weighted by molar-refractivity contribution is 8.00. The fraction of sp³-hybridized carbons (Fsp3) is 0.217. The molecule has 0 unspecified atom stereocenters. The first-order chi connectivity index (χ1) is 15.6. The van der Waals surface area contributed by atoms with Crippen LogP contribution >= 0.6 is 34.7 Å². The number of hydrogen-bond donors (Lipinski definition) is 1. The molecule has 9 heteroatoms. The lowest BCUT2D eigenvalue weighted by molar-refractivity contribution is -0.113. The summed E-state index contributed by atoms with van der Waals surface area (Å²) in [4.78, 5) is 28.3. The van der Waals surface area contributed by atoms with Crippen LogP contribution in [0.15, 0.2) is 53.8 Å². The number of nitrogens with one attached hydrogen (secondary N) is 1. The van der Waals surface area contributed by atoms with Crippen LogP contribution in [0.3, 0.4) is 0 Å². The van der Waals surface area contributed by atoms with Crippen LogP contribution in [0.1, 0.15) is 16.7 Å².